The first-order chi connectivity index (χ1) is 11.8. The van der Waals surface area contributed by atoms with Gasteiger partial charge in [-0.2, -0.15) is 0 Å². The third-order valence-electron chi connectivity index (χ3n) is 3.12. The van der Waals surface area contributed by atoms with Crippen molar-refractivity contribution in [3.05, 3.63) is 47.5 Å². The van der Waals surface area contributed by atoms with Gasteiger partial charge in [0.2, 0.25) is 15.9 Å². The number of thioether (sulfide) groups is 1. The van der Waals surface area contributed by atoms with Gasteiger partial charge in [0.25, 0.3) is 5.22 Å². The van der Waals surface area contributed by atoms with Crippen molar-refractivity contribution in [1.82, 2.24) is 4.98 Å². The number of nitrogens with one attached hydrogen (secondary N) is 1. The normalized spacial score (nSPS) is 11.6. The topological polar surface area (TPSA) is 115 Å². The number of amides is 1. The Bertz CT molecular complexity index is 1030. The molecule has 2 aromatic carbocycles. The molecule has 10 heteroatoms. The Morgan fingerprint density at radius 3 is 2.64 bits per heavy atom. The molecule has 0 unspecified atom stereocenters. The van der Waals surface area contributed by atoms with Crippen molar-refractivity contribution in [3.8, 4) is 0 Å². The molecule has 0 fully saturated rings. The van der Waals surface area contributed by atoms with E-state index in [2.05, 4.69) is 10.3 Å². The lowest BCUT2D eigenvalue weighted by Crippen LogP contribution is -2.15. The van der Waals surface area contributed by atoms with Crippen LogP contribution in [0.4, 0.5) is 5.69 Å². The summed E-state index contributed by atoms with van der Waals surface area (Å²) < 4.78 is 27.9. The highest BCUT2D eigenvalue weighted by atomic mass is 35.5. The molecule has 0 aliphatic carbocycles. The van der Waals surface area contributed by atoms with E-state index in [-0.39, 0.29) is 16.6 Å². The number of nitrogens with zero attached hydrogens (tertiary/aromatic N) is 1. The molecule has 1 heterocycles. The maximum Gasteiger partial charge on any atom is 0.257 e. The molecule has 1 amide bonds. The lowest BCUT2D eigenvalue weighted by molar-refractivity contribution is -0.113. The number of hydrogen-bond donors (Lipinski definition) is 2. The molecular formula is C15H12ClN3O4S2. The number of carbonyl (C=O) groups excluding carboxylic acids is 1. The van der Waals surface area contributed by atoms with Gasteiger partial charge in [0, 0.05) is 10.7 Å². The number of oxazole rings is 1. The van der Waals surface area contributed by atoms with E-state index in [1.807, 2.05) is 0 Å². The molecule has 3 rings (SSSR count). The average Bonchev–Trinajstić information content (AvgIpc) is 2.94. The largest absolute Gasteiger partial charge is 0.431 e. The van der Waals surface area contributed by atoms with E-state index < -0.39 is 10.0 Å². The molecule has 25 heavy (non-hydrogen) atoms. The highest BCUT2D eigenvalue weighted by molar-refractivity contribution is 7.99. The molecule has 3 aromatic rings. The molecule has 3 N–H and O–H groups in total. The third-order valence-corrected chi connectivity index (χ3v) is 5.12. The molecule has 0 saturated heterocycles. The first kappa shape index (κ1) is 17.7. The zero-order valence-corrected chi connectivity index (χ0v) is 15.0. The predicted molar refractivity (Wildman–Crippen MR) is 96.2 cm³/mol. The predicted octanol–water partition coefficient (Wildman–Crippen LogP) is 2.86. The molecule has 0 aliphatic heterocycles. The fraction of sp³-hybridized carbons (Fsp3) is 0.0667. The van der Waals surface area contributed by atoms with Crippen molar-refractivity contribution in [2.45, 2.75) is 10.1 Å². The number of aromatic nitrogens is 1. The smallest absolute Gasteiger partial charge is 0.257 e. The molecule has 0 saturated carbocycles. The van der Waals surface area contributed by atoms with Crippen LogP contribution in [0.2, 0.25) is 5.02 Å². The van der Waals surface area contributed by atoms with Gasteiger partial charge < -0.3 is 9.73 Å². The van der Waals surface area contributed by atoms with Gasteiger partial charge in [-0.05, 0) is 42.5 Å². The number of fused-ring (bicyclic) bond motifs is 1. The fourth-order valence-electron chi connectivity index (χ4n) is 1.99. The summed E-state index contributed by atoms with van der Waals surface area (Å²) in [4.78, 5) is 16.2. The highest BCUT2D eigenvalue weighted by Gasteiger charge is 2.11. The van der Waals surface area contributed by atoms with Crippen LogP contribution in [0.1, 0.15) is 0 Å². The van der Waals surface area contributed by atoms with Crippen molar-refractivity contribution in [2.24, 2.45) is 5.14 Å². The van der Waals surface area contributed by atoms with Crippen LogP contribution in [0.25, 0.3) is 11.1 Å². The van der Waals surface area contributed by atoms with E-state index in [0.717, 1.165) is 11.8 Å². The summed E-state index contributed by atoms with van der Waals surface area (Å²) in [6.45, 7) is 0. The third kappa shape index (κ3) is 4.51. The molecule has 1 aromatic heterocycles. The molecule has 0 radical (unpaired) electrons. The number of benzene rings is 2. The quantitative estimate of drug-likeness (QED) is 0.639. The monoisotopic (exact) mass is 397 g/mol. The molecule has 0 aliphatic rings. The average molecular weight is 398 g/mol. The van der Waals surface area contributed by atoms with Gasteiger partial charge >= 0.3 is 0 Å². The Kier molecular flexibility index (Phi) is 5.00. The number of primary sulfonamides is 1. The Morgan fingerprint density at radius 1 is 1.24 bits per heavy atom. The van der Waals surface area contributed by atoms with Crippen LogP contribution < -0.4 is 10.5 Å². The van der Waals surface area contributed by atoms with E-state index >= 15 is 0 Å². The van der Waals surface area contributed by atoms with Crippen LogP contribution in [0, 0.1) is 0 Å². The summed E-state index contributed by atoms with van der Waals surface area (Å²) in [5, 5.41) is 8.58. The summed E-state index contributed by atoms with van der Waals surface area (Å²) in [7, 11) is -3.76. The van der Waals surface area contributed by atoms with Gasteiger partial charge in [0.15, 0.2) is 5.58 Å². The van der Waals surface area contributed by atoms with Crippen molar-refractivity contribution < 1.29 is 17.6 Å². The molecule has 0 spiro atoms. The van der Waals surface area contributed by atoms with Gasteiger partial charge in [0.05, 0.1) is 10.6 Å². The molecular weight excluding hydrogens is 386 g/mol. The van der Waals surface area contributed by atoms with Gasteiger partial charge in [-0.3, -0.25) is 4.79 Å². The van der Waals surface area contributed by atoms with E-state index in [1.54, 1.807) is 18.2 Å². The van der Waals surface area contributed by atoms with Crippen LogP contribution in [-0.4, -0.2) is 25.1 Å². The summed E-state index contributed by atoms with van der Waals surface area (Å²) in [5.41, 5.74) is 1.67. The lowest BCUT2D eigenvalue weighted by atomic mass is 10.3. The molecule has 0 atom stereocenters. The van der Waals surface area contributed by atoms with Crippen LogP contribution in [0.3, 0.4) is 0 Å². The van der Waals surface area contributed by atoms with E-state index in [1.165, 1.54) is 24.3 Å². The minimum absolute atomic E-state index is 0.0231. The standard InChI is InChI=1S/C15H12ClN3O4S2/c16-9-1-6-13-12(7-9)19-15(23-13)24-8-14(20)18-10-2-4-11(5-3-10)25(17,21)22/h1-7H,8H2,(H,18,20)(H2,17,21,22). The van der Waals surface area contributed by atoms with Gasteiger partial charge in [-0.15, -0.1) is 0 Å². The summed E-state index contributed by atoms with van der Waals surface area (Å²) >= 11 is 7.02. The second-order valence-corrected chi connectivity index (χ2v) is 7.92. The first-order valence-electron chi connectivity index (χ1n) is 6.93. The Balaban J connectivity index is 1.60. The molecule has 130 valence electrons. The Morgan fingerprint density at radius 2 is 1.96 bits per heavy atom. The van der Waals surface area contributed by atoms with Gasteiger partial charge in [-0.25, -0.2) is 18.5 Å². The van der Waals surface area contributed by atoms with Crippen LogP contribution >= 0.6 is 23.4 Å². The number of carbonyl (C=O) groups is 1. The van der Waals surface area contributed by atoms with Gasteiger partial charge in [0.1, 0.15) is 5.52 Å². The molecule has 0 bridgehead atoms. The molecule has 7 nitrogen and oxygen atoms in total. The van der Waals surface area contributed by atoms with Crippen LogP contribution in [0.5, 0.6) is 0 Å². The Hall–Kier alpha value is -2.07. The van der Waals surface area contributed by atoms with Crippen LogP contribution in [-0.2, 0) is 14.8 Å². The zero-order valence-electron chi connectivity index (χ0n) is 12.6. The minimum atomic E-state index is -3.76. The highest BCUT2D eigenvalue weighted by Crippen LogP contribution is 2.25. The number of nitrogens with two attached hydrogens (primary N) is 1. The summed E-state index contributed by atoms with van der Waals surface area (Å²) in [6, 6.07) is 10.7. The van der Waals surface area contributed by atoms with E-state index in [0.29, 0.717) is 27.0 Å². The van der Waals surface area contributed by atoms with E-state index in [9.17, 15) is 13.2 Å². The second-order valence-electron chi connectivity index (χ2n) is 5.00. The maximum atomic E-state index is 12.0. The summed E-state index contributed by atoms with van der Waals surface area (Å²) in [6.07, 6.45) is 0. The van der Waals surface area contributed by atoms with Crippen molar-refractivity contribution in [2.75, 3.05) is 11.1 Å². The summed E-state index contributed by atoms with van der Waals surface area (Å²) in [5.74, 6) is -0.203. The van der Waals surface area contributed by atoms with Crippen molar-refractivity contribution in [1.29, 1.82) is 0 Å². The maximum absolute atomic E-state index is 12.0. The second kappa shape index (κ2) is 7.04. The fourth-order valence-corrected chi connectivity index (χ4v) is 3.31. The van der Waals surface area contributed by atoms with Crippen molar-refractivity contribution in [3.63, 3.8) is 0 Å². The van der Waals surface area contributed by atoms with Crippen molar-refractivity contribution >= 4 is 56.1 Å². The Labute approximate surface area is 152 Å². The SMILES string of the molecule is NS(=O)(=O)c1ccc(NC(=O)CSc2nc3cc(Cl)ccc3o2)cc1. The number of sulfonamides is 1. The number of rotatable bonds is 5. The van der Waals surface area contributed by atoms with Crippen LogP contribution in [0.15, 0.2) is 57.0 Å². The number of hydrogen-bond acceptors (Lipinski definition) is 6. The number of halogens is 1. The number of anilines is 1. The van der Waals surface area contributed by atoms with Gasteiger partial charge in [-0.1, -0.05) is 23.4 Å². The minimum Gasteiger partial charge on any atom is -0.431 e. The lowest BCUT2D eigenvalue weighted by Gasteiger charge is -2.05. The van der Waals surface area contributed by atoms with E-state index in [4.69, 9.17) is 21.2 Å². The first-order valence-corrected chi connectivity index (χ1v) is 9.84. The zero-order chi connectivity index (χ0) is 18.0.